The third-order valence-electron chi connectivity index (χ3n) is 4.73. The summed E-state index contributed by atoms with van der Waals surface area (Å²) in [5.74, 6) is 2.12. The summed E-state index contributed by atoms with van der Waals surface area (Å²) in [6.45, 7) is 1.34. The van der Waals surface area contributed by atoms with E-state index in [0.29, 0.717) is 30.6 Å². The molecule has 1 aliphatic heterocycles. The average Bonchev–Trinajstić information content (AvgIpc) is 3.35. The minimum atomic E-state index is -0.0180. The van der Waals surface area contributed by atoms with E-state index in [1.807, 2.05) is 4.90 Å². The molecule has 7 heteroatoms. The van der Waals surface area contributed by atoms with E-state index in [4.69, 9.17) is 4.52 Å². The van der Waals surface area contributed by atoms with Gasteiger partial charge in [-0.3, -0.25) is 9.89 Å². The fourth-order valence-electron chi connectivity index (χ4n) is 3.45. The molecule has 2 fully saturated rings. The first-order chi connectivity index (χ1) is 10.8. The van der Waals surface area contributed by atoms with Crippen LogP contribution in [0.1, 0.15) is 66.1 Å². The lowest BCUT2D eigenvalue weighted by atomic mass is 10.1. The topological polar surface area (TPSA) is 87.9 Å². The van der Waals surface area contributed by atoms with Gasteiger partial charge in [-0.2, -0.15) is 10.1 Å². The van der Waals surface area contributed by atoms with Gasteiger partial charge in [0.25, 0.3) is 5.91 Å². The highest BCUT2D eigenvalue weighted by molar-refractivity contribution is 5.92. The van der Waals surface area contributed by atoms with Crippen molar-refractivity contribution in [1.29, 1.82) is 0 Å². The lowest BCUT2D eigenvalue weighted by Gasteiger charge is -2.14. The highest BCUT2D eigenvalue weighted by atomic mass is 16.5. The molecule has 0 radical (unpaired) electrons. The SMILES string of the molecule is O=C(c1ccn[nH]1)N1CCC(c2nc(C3CCCC3)no2)C1. The third-order valence-corrected chi connectivity index (χ3v) is 4.73. The zero-order chi connectivity index (χ0) is 14.9. The molecule has 1 atom stereocenters. The fourth-order valence-corrected chi connectivity index (χ4v) is 3.45. The van der Waals surface area contributed by atoms with Gasteiger partial charge in [-0.05, 0) is 25.3 Å². The Morgan fingerprint density at radius 2 is 2.14 bits per heavy atom. The van der Waals surface area contributed by atoms with Crippen LogP contribution in [0.25, 0.3) is 0 Å². The zero-order valence-electron chi connectivity index (χ0n) is 12.4. The van der Waals surface area contributed by atoms with Crippen molar-refractivity contribution >= 4 is 5.91 Å². The predicted molar refractivity (Wildman–Crippen MR) is 77.4 cm³/mol. The Bertz CT molecular complexity index is 645. The highest BCUT2D eigenvalue weighted by Crippen LogP contribution is 2.34. The van der Waals surface area contributed by atoms with Gasteiger partial charge >= 0.3 is 0 Å². The number of aromatic amines is 1. The van der Waals surface area contributed by atoms with Gasteiger partial charge in [0.05, 0.1) is 5.92 Å². The van der Waals surface area contributed by atoms with E-state index in [9.17, 15) is 4.79 Å². The van der Waals surface area contributed by atoms with Crippen LogP contribution in [0.2, 0.25) is 0 Å². The van der Waals surface area contributed by atoms with Crippen molar-refractivity contribution in [1.82, 2.24) is 25.2 Å². The summed E-state index contributed by atoms with van der Waals surface area (Å²) in [5, 5.41) is 10.7. The first-order valence-electron chi connectivity index (χ1n) is 7.93. The highest BCUT2D eigenvalue weighted by Gasteiger charge is 2.33. The molecule has 0 spiro atoms. The lowest BCUT2D eigenvalue weighted by molar-refractivity contribution is 0.0784. The second-order valence-corrected chi connectivity index (χ2v) is 6.18. The van der Waals surface area contributed by atoms with Crippen LogP contribution in [0.5, 0.6) is 0 Å². The van der Waals surface area contributed by atoms with Crippen molar-refractivity contribution < 1.29 is 9.32 Å². The fraction of sp³-hybridized carbons (Fsp3) is 0.600. The van der Waals surface area contributed by atoms with Gasteiger partial charge < -0.3 is 9.42 Å². The van der Waals surface area contributed by atoms with Crippen LogP contribution in [0.4, 0.5) is 0 Å². The van der Waals surface area contributed by atoms with Crippen molar-refractivity contribution in [2.45, 2.75) is 43.9 Å². The Kier molecular flexibility index (Phi) is 3.40. The van der Waals surface area contributed by atoms with Crippen LogP contribution < -0.4 is 0 Å². The van der Waals surface area contributed by atoms with Crippen LogP contribution in [0.15, 0.2) is 16.8 Å². The number of H-pyrrole nitrogens is 1. The van der Waals surface area contributed by atoms with Crippen LogP contribution in [0.3, 0.4) is 0 Å². The molecule has 1 aliphatic carbocycles. The number of nitrogens with zero attached hydrogens (tertiary/aromatic N) is 4. The van der Waals surface area contributed by atoms with Crippen molar-refractivity contribution in [3.63, 3.8) is 0 Å². The summed E-state index contributed by atoms with van der Waals surface area (Å²) in [5.41, 5.74) is 0.526. The predicted octanol–water partition coefficient (Wildman–Crippen LogP) is 2.08. The molecule has 116 valence electrons. The minimum absolute atomic E-state index is 0.0180. The molecule has 2 aliphatic rings. The first kappa shape index (κ1) is 13.5. The molecule has 1 amide bonds. The number of rotatable bonds is 3. The van der Waals surface area contributed by atoms with Crippen molar-refractivity contribution in [3.05, 3.63) is 29.7 Å². The Balaban J connectivity index is 1.43. The standard InChI is InChI=1S/C15H19N5O2/c21-15(12-5-7-16-18-12)20-8-6-11(9-20)14-17-13(19-22-14)10-3-1-2-4-10/h5,7,10-11H,1-4,6,8-9H2,(H,16,18). The van der Waals surface area contributed by atoms with E-state index >= 15 is 0 Å². The Morgan fingerprint density at radius 1 is 1.27 bits per heavy atom. The van der Waals surface area contributed by atoms with Crippen molar-refractivity contribution in [2.24, 2.45) is 0 Å². The van der Waals surface area contributed by atoms with Gasteiger partial charge in [-0.1, -0.05) is 18.0 Å². The first-order valence-corrected chi connectivity index (χ1v) is 7.93. The molecule has 1 saturated carbocycles. The zero-order valence-corrected chi connectivity index (χ0v) is 12.4. The van der Waals surface area contributed by atoms with Crippen molar-refractivity contribution in [3.8, 4) is 0 Å². The number of hydrogen-bond donors (Lipinski definition) is 1. The number of likely N-dealkylation sites (tertiary alicyclic amines) is 1. The molecule has 22 heavy (non-hydrogen) atoms. The molecular formula is C15H19N5O2. The van der Waals surface area contributed by atoms with Crippen LogP contribution in [0, 0.1) is 0 Å². The number of carbonyl (C=O) groups is 1. The quantitative estimate of drug-likeness (QED) is 0.937. The molecule has 0 aromatic carbocycles. The summed E-state index contributed by atoms with van der Waals surface area (Å²) < 4.78 is 5.46. The molecule has 4 rings (SSSR count). The second kappa shape index (κ2) is 5.55. The number of nitrogens with one attached hydrogen (secondary N) is 1. The molecule has 1 unspecified atom stereocenters. The Hall–Kier alpha value is -2.18. The van der Waals surface area contributed by atoms with Gasteiger partial charge in [0.2, 0.25) is 5.89 Å². The Labute approximate surface area is 128 Å². The van der Waals surface area contributed by atoms with Gasteiger partial charge in [0.1, 0.15) is 5.69 Å². The molecule has 1 saturated heterocycles. The van der Waals surface area contributed by atoms with E-state index < -0.39 is 0 Å². The molecule has 1 N–H and O–H groups in total. The summed E-state index contributed by atoms with van der Waals surface area (Å²) in [6.07, 6.45) is 7.29. The smallest absolute Gasteiger partial charge is 0.271 e. The van der Waals surface area contributed by atoms with Gasteiger partial charge in [-0.15, -0.1) is 0 Å². The molecule has 7 nitrogen and oxygen atoms in total. The normalized spacial score (nSPS) is 22.5. The minimum Gasteiger partial charge on any atom is -0.339 e. The van der Waals surface area contributed by atoms with E-state index in [0.717, 1.165) is 25.1 Å². The van der Waals surface area contributed by atoms with E-state index in [2.05, 4.69) is 20.3 Å². The van der Waals surface area contributed by atoms with E-state index in [-0.39, 0.29) is 11.8 Å². The molecule has 2 aromatic rings. The van der Waals surface area contributed by atoms with Gasteiger partial charge in [0.15, 0.2) is 5.82 Å². The number of carbonyl (C=O) groups excluding carboxylic acids is 1. The molecule has 3 heterocycles. The maximum absolute atomic E-state index is 12.3. The maximum Gasteiger partial charge on any atom is 0.271 e. The summed E-state index contributed by atoms with van der Waals surface area (Å²) in [6, 6.07) is 1.69. The van der Waals surface area contributed by atoms with Crippen LogP contribution in [-0.4, -0.2) is 44.2 Å². The van der Waals surface area contributed by atoms with E-state index in [1.165, 1.54) is 12.8 Å². The number of aromatic nitrogens is 4. The largest absolute Gasteiger partial charge is 0.339 e. The van der Waals surface area contributed by atoms with Gasteiger partial charge in [0, 0.05) is 25.2 Å². The lowest BCUT2D eigenvalue weighted by Crippen LogP contribution is -2.28. The van der Waals surface area contributed by atoms with Crippen LogP contribution >= 0.6 is 0 Å². The van der Waals surface area contributed by atoms with Crippen molar-refractivity contribution in [2.75, 3.05) is 13.1 Å². The maximum atomic E-state index is 12.3. The van der Waals surface area contributed by atoms with Gasteiger partial charge in [-0.25, -0.2) is 0 Å². The molecule has 0 bridgehead atoms. The summed E-state index contributed by atoms with van der Waals surface area (Å²) in [4.78, 5) is 18.7. The summed E-state index contributed by atoms with van der Waals surface area (Å²) in [7, 11) is 0. The molecule has 2 aromatic heterocycles. The van der Waals surface area contributed by atoms with E-state index in [1.54, 1.807) is 12.3 Å². The summed E-state index contributed by atoms with van der Waals surface area (Å²) >= 11 is 0. The monoisotopic (exact) mass is 301 g/mol. The number of hydrogen-bond acceptors (Lipinski definition) is 5. The Morgan fingerprint density at radius 3 is 2.91 bits per heavy atom. The second-order valence-electron chi connectivity index (χ2n) is 6.18. The number of amides is 1. The average molecular weight is 301 g/mol. The molecular weight excluding hydrogens is 282 g/mol. The van der Waals surface area contributed by atoms with Crippen LogP contribution in [-0.2, 0) is 0 Å². The third kappa shape index (κ3) is 2.40.